The summed E-state index contributed by atoms with van der Waals surface area (Å²) in [4.78, 5) is 11.1. The highest BCUT2D eigenvalue weighted by Gasteiger charge is 2.25. The van der Waals surface area contributed by atoms with E-state index in [1.807, 2.05) is 12.1 Å². The Labute approximate surface area is 145 Å². The van der Waals surface area contributed by atoms with E-state index in [0.29, 0.717) is 13.1 Å². The van der Waals surface area contributed by atoms with Crippen molar-refractivity contribution in [2.24, 2.45) is 0 Å². The number of rotatable bonds is 7. The van der Waals surface area contributed by atoms with Crippen LogP contribution in [-0.2, 0) is 6.54 Å². The van der Waals surface area contributed by atoms with Crippen LogP contribution >= 0.6 is 0 Å². The van der Waals surface area contributed by atoms with Crippen molar-refractivity contribution >= 4 is 16.9 Å². The van der Waals surface area contributed by atoms with Gasteiger partial charge in [-0.1, -0.05) is 0 Å². The van der Waals surface area contributed by atoms with E-state index in [1.54, 1.807) is 17.1 Å². The summed E-state index contributed by atoms with van der Waals surface area (Å²) in [5, 5.41) is 17.7. The Bertz CT molecular complexity index is 810. The van der Waals surface area contributed by atoms with Crippen LogP contribution in [0.25, 0.3) is 11.0 Å². The molecular formula is C17H22N6O2. The third-order valence-corrected chi connectivity index (χ3v) is 4.66. The Morgan fingerprint density at radius 2 is 2.16 bits per heavy atom. The SMILES string of the molecule is OCCn1ncc2c(NCC(c3ccco3)N3CCCC3)ncnc21. The van der Waals surface area contributed by atoms with Crippen molar-refractivity contribution in [1.29, 1.82) is 0 Å². The maximum atomic E-state index is 9.13. The predicted octanol–water partition coefficient (Wildman–Crippen LogP) is 1.66. The zero-order valence-corrected chi connectivity index (χ0v) is 14.0. The van der Waals surface area contributed by atoms with E-state index < -0.39 is 0 Å². The van der Waals surface area contributed by atoms with E-state index in [4.69, 9.17) is 9.52 Å². The molecule has 25 heavy (non-hydrogen) atoms. The van der Waals surface area contributed by atoms with Crippen LogP contribution in [0.2, 0.25) is 0 Å². The average Bonchev–Trinajstić information content (AvgIpc) is 3.38. The molecule has 1 atom stereocenters. The number of likely N-dealkylation sites (tertiary alicyclic amines) is 1. The second-order valence-corrected chi connectivity index (χ2v) is 6.21. The quantitative estimate of drug-likeness (QED) is 0.674. The Morgan fingerprint density at radius 3 is 2.92 bits per heavy atom. The fourth-order valence-corrected chi connectivity index (χ4v) is 3.43. The van der Waals surface area contributed by atoms with Crippen LogP contribution in [-0.4, -0.2) is 56.0 Å². The molecule has 1 aliphatic heterocycles. The summed E-state index contributed by atoms with van der Waals surface area (Å²) in [6.07, 6.45) is 7.44. The molecule has 8 nitrogen and oxygen atoms in total. The summed E-state index contributed by atoms with van der Waals surface area (Å²) < 4.78 is 7.35. The molecule has 0 radical (unpaired) electrons. The van der Waals surface area contributed by atoms with Gasteiger partial charge in [0, 0.05) is 6.54 Å². The first-order valence-electron chi connectivity index (χ1n) is 8.65. The van der Waals surface area contributed by atoms with Crippen LogP contribution in [0.15, 0.2) is 35.3 Å². The number of hydrogen-bond donors (Lipinski definition) is 2. The molecule has 2 N–H and O–H groups in total. The monoisotopic (exact) mass is 342 g/mol. The maximum Gasteiger partial charge on any atom is 0.163 e. The lowest BCUT2D eigenvalue weighted by atomic mass is 10.2. The highest BCUT2D eigenvalue weighted by Crippen LogP contribution is 2.27. The first-order valence-corrected chi connectivity index (χ1v) is 8.65. The lowest BCUT2D eigenvalue weighted by Gasteiger charge is -2.26. The number of nitrogens with one attached hydrogen (secondary N) is 1. The number of furan rings is 1. The van der Waals surface area contributed by atoms with Gasteiger partial charge in [-0.25, -0.2) is 14.6 Å². The molecule has 0 saturated carbocycles. The largest absolute Gasteiger partial charge is 0.468 e. The molecule has 0 amide bonds. The molecule has 1 saturated heterocycles. The molecule has 4 heterocycles. The molecule has 132 valence electrons. The zero-order chi connectivity index (χ0) is 17.1. The third kappa shape index (κ3) is 3.22. The van der Waals surface area contributed by atoms with Gasteiger partial charge in [-0.15, -0.1) is 0 Å². The van der Waals surface area contributed by atoms with E-state index in [2.05, 4.69) is 25.3 Å². The summed E-state index contributed by atoms with van der Waals surface area (Å²) in [7, 11) is 0. The van der Waals surface area contributed by atoms with E-state index in [1.165, 1.54) is 19.2 Å². The average molecular weight is 342 g/mol. The lowest BCUT2D eigenvalue weighted by Crippen LogP contribution is -2.30. The van der Waals surface area contributed by atoms with Gasteiger partial charge < -0.3 is 14.8 Å². The number of fused-ring (bicyclic) bond motifs is 1. The molecule has 3 aromatic rings. The Kier molecular flexibility index (Phi) is 4.62. The number of nitrogens with zero attached hydrogens (tertiary/aromatic N) is 5. The van der Waals surface area contributed by atoms with Crippen LogP contribution in [0.5, 0.6) is 0 Å². The maximum absolute atomic E-state index is 9.13. The lowest BCUT2D eigenvalue weighted by molar-refractivity contribution is 0.225. The first kappa shape index (κ1) is 16.0. The number of hydrogen-bond acceptors (Lipinski definition) is 7. The first-order chi connectivity index (χ1) is 12.4. The van der Waals surface area contributed by atoms with Gasteiger partial charge in [-0.05, 0) is 38.1 Å². The second-order valence-electron chi connectivity index (χ2n) is 6.21. The minimum Gasteiger partial charge on any atom is -0.468 e. The molecule has 1 aliphatic rings. The van der Waals surface area contributed by atoms with E-state index >= 15 is 0 Å². The van der Waals surface area contributed by atoms with Crippen LogP contribution in [0.3, 0.4) is 0 Å². The van der Waals surface area contributed by atoms with Gasteiger partial charge >= 0.3 is 0 Å². The molecule has 4 rings (SSSR count). The van der Waals surface area contributed by atoms with Gasteiger partial charge in [0.2, 0.25) is 0 Å². The minimum atomic E-state index is 0.0269. The molecule has 3 aromatic heterocycles. The van der Waals surface area contributed by atoms with Crippen molar-refractivity contribution < 1.29 is 9.52 Å². The summed E-state index contributed by atoms with van der Waals surface area (Å²) >= 11 is 0. The van der Waals surface area contributed by atoms with Crippen molar-refractivity contribution in [3.63, 3.8) is 0 Å². The van der Waals surface area contributed by atoms with Gasteiger partial charge in [-0.2, -0.15) is 5.10 Å². The standard InChI is InChI=1S/C17H22N6O2/c24-8-7-23-17-13(10-21-23)16(19-12-20-17)18-11-14(15-4-3-9-25-15)22-5-1-2-6-22/h3-4,9-10,12,14,24H,1-2,5-8,11H2,(H,18,19,20). The Hall–Kier alpha value is -2.45. The zero-order valence-electron chi connectivity index (χ0n) is 14.0. The fraction of sp³-hybridized carbons (Fsp3) is 0.471. The summed E-state index contributed by atoms with van der Waals surface area (Å²) in [5.74, 6) is 1.72. The van der Waals surface area contributed by atoms with Crippen LogP contribution in [0.4, 0.5) is 5.82 Å². The van der Waals surface area contributed by atoms with E-state index in [-0.39, 0.29) is 12.6 Å². The second kappa shape index (κ2) is 7.20. The summed E-state index contributed by atoms with van der Waals surface area (Å²) in [6, 6.07) is 4.13. The van der Waals surface area contributed by atoms with Crippen molar-refractivity contribution in [2.45, 2.75) is 25.4 Å². The Balaban J connectivity index is 1.55. The molecule has 1 unspecified atom stereocenters. The normalized spacial score (nSPS) is 16.5. The predicted molar refractivity (Wildman–Crippen MR) is 93.2 cm³/mol. The number of aliphatic hydroxyl groups excluding tert-OH is 1. The molecular weight excluding hydrogens is 320 g/mol. The molecule has 8 heteroatoms. The molecule has 0 spiro atoms. The Morgan fingerprint density at radius 1 is 1.28 bits per heavy atom. The molecule has 1 fully saturated rings. The topological polar surface area (TPSA) is 92.2 Å². The van der Waals surface area contributed by atoms with Crippen LogP contribution in [0.1, 0.15) is 24.6 Å². The van der Waals surface area contributed by atoms with Gasteiger partial charge in [0.1, 0.15) is 17.9 Å². The van der Waals surface area contributed by atoms with Crippen molar-refractivity contribution in [3.05, 3.63) is 36.7 Å². The van der Waals surface area contributed by atoms with Gasteiger partial charge in [0.15, 0.2) is 5.65 Å². The number of anilines is 1. The summed E-state index contributed by atoms with van der Waals surface area (Å²) in [5.41, 5.74) is 0.724. The van der Waals surface area contributed by atoms with Gasteiger partial charge in [-0.3, -0.25) is 4.90 Å². The smallest absolute Gasteiger partial charge is 0.163 e. The molecule has 0 bridgehead atoms. The molecule has 0 aromatic carbocycles. The van der Waals surface area contributed by atoms with Gasteiger partial charge in [0.05, 0.1) is 37.0 Å². The van der Waals surface area contributed by atoms with Crippen LogP contribution in [0, 0.1) is 0 Å². The van der Waals surface area contributed by atoms with Crippen molar-refractivity contribution in [1.82, 2.24) is 24.6 Å². The van der Waals surface area contributed by atoms with E-state index in [9.17, 15) is 0 Å². The van der Waals surface area contributed by atoms with Crippen molar-refractivity contribution in [2.75, 3.05) is 31.6 Å². The van der Waals surface area contributed by atoms with Crippen LogP contribution < -0.4 is 5.32 Å². The molecule has 0 aliphatic carbocycles. The van der Waals surface area contributed by atoms with Crippen molar-refractivity contribution in [3.8, 4) is 0 Å². The van der Waals surface area contributed by atoms with E-state index in [0.717, 1.165) is 35.7 Å². The summed E-state index contributed by atoms with van der Waals surface area (Å²) in [6.45, 7) is 3.31. The van der Waals surface area contributed by atoms with Gasteiger partial charge in [0.25, 0.3) is 0 Å². The number of aromatic nitrogens is 4. The highest BCUT2D eigenvalue weighted by molar-refractivity contribution is 5.86. The third-order valence-electron chi connectivity index (χ3n) is 4.66. The fourth-order valence-electron chi connectivity index (χ4n) is 3.43. The minimum absolute atomic E-state index is 0.0269. The highest BCUT2D eigenvalue weighted by atomic mass is 16.3. The number of aliphatic hydroxyl groups is 1.